The van der Waals surface area contributed by atoms with Crippen LogP contribution in [0.3, 0.4) is 0 Å². The molecule has 0 fully saturated rings. The predicted molar refractivity (Wildman–Crippen MR) is 52.3 cm³/mol. The number of rotatable bonds is 3. The second-order valence-corrected chi connectivity index (χ2v) is 3.55. The highest BCUT2D eigenvalue weighted by atomic mass is 16.2. The van der Waals surface area contributed by atoms with Crippen molar-refractivity contribution < 1.29 is 9.59 Å². The number of nitrogens with two attached hydrogens (primary N) is 1. The van der Waals surface area contributed by atoms with E-state index in [-0.39, 0.29) is 23.4 Å². The summed E-state index contributed by atoms with van der Waals surface area (Å²) in [6.07, 6.45) is 1.64. The van der Waals surface area contributed by atoms with Crippen LogP contribution in [0.15, 0.2) is 16.8 Å². The molecule has 1 amide bonds. The van der Waals surface area contributed by atoms with Crippen LogP contribution in [0, 0.1) is 5.92 Å². The number of aliphatic imine (C=N–C) groups is 1. The Labute approximate surface area is 82.1 Å². The third-order valence-corrected chi connectivity index (χ3v) is 1.62. The summed E-state index contributed by atoms with van der Waals surface area (Å²) in [7, 11) is 0. The highest BCUT2D eigenvalue weighted by Crippen LogP contribution is 2.07. The van der Waals surface area contributed by atoms with E-state index in [1.165, 1.54) is 6.08 Å². The van der Waals surface area contributed by atoms with Crippen LogP contribution in [0.5, 0.6) is 0 Å². The van der Waals surface area contributed by atoms with Gasteiger partial charge in [0.05, 0.1) is 0 Å². The summed E-state index contributed by atoms with van der Waals surface area (Å²) < 4.78 is 0. The number of nitrogens with one attached hydrogen (secondary N) is 1. The van der Waals surface area contributed by atoms with E-state index in [1.807, 2.05) is 13.8 Å². The van der Waals surface area contributed by atoms with Crippen LogP contribution in [0.25, 0.3) is 0 Å². The SMILES string of the molecule is CC(C)CC(=O)C=C1N=C(N)NC1=O. The van der Waals surface area contributed by atoms with Crippen molar-refractivity contribution in [2.75, 3.05) is 0 Å². The molecule has 0 aromatic heterocycles. The molecule has 1 heterocycles. The number of ketones is 1. The fourth-order valence-electron chi connectivity index (χ4n) is 1.10. The summed E-state index contributed by atoms with van der Waals surface area (Å²) in [6.45, 7) is 3.87. The Morgan fingerprint density at radius 3 is 2.71 bits per heavy atom. The zero-order valence-corrected chi connectivity index (χ0v) is 8.20. The second-order valence-electron chi connectivity index (χ2n) is 3.55. The minimum absolute atomic E-state index is 0.0404. The molecule has 0 saturated carbocycles. The lowest BCUT2D eigenvalue weighted by Crippen LogP contribution is -2.30. The van der Waals surface area contributed by atoms with Gasteiger partial charge in [-0.15, -0.1) is 0 Å². The lowest BCUT2D eigenvalue weighted by atomic mass is 10.1. The highest BCUT2D eigenvalue weighted by Gasteiger charge is 2.18. The third-order valence-electron chi connectivity index (χ3n) is 1.62. The number of guanidine groups is 1. The standard InChI is InChI=1S/C9H13N3O2/c1-5(2)3-6(13)4-7-8(14)12-9(10)11-7/h4-5H,3H2,1-2H3,(H3,10,11,12,14). The Kier molecular flexibility index (Phi) is 3.01. The van der Waals surface area contributed by atoms with Gasteiger partial charge in [0, 0.05) is 12.5 Å². The molecule has 0 spiro atoms. The van der Waals surface area contributed by atoms with Crippen molar-refractivity contribution in [3.05, 3.63) is 11.8 Å². The zero-order chi connectivity index (χ0) is 10.7. The van der Waals surface area contributed by atoms with Crippen molar-refractivity contribution in [2.45, 2.75) is 20.3 Å². The second kappa shape index (κ2) is 4.04. The maximum absolute atomic E-state index is 11.3. The molecule has 0 aromatic carbocycles. The molecule has 76 valence electrons. The van der Waals surface area contributed by atoms with Gasteiger partial charge in [0.2, 0.25) is 5.96 Å². The number of allylic oxidation sites excluding steroid dienone is 1. The maximum atomic E-state index is 11.3. The van der Waals surface area contributed by atoms with Gasteiger partial charge < -0.3 is 5.73 Å². The van der Waals surface area contributed by atoms with E-state index in [0.717, 1.165) is 0 Å². The first kappa shape index (κ1) is 10.4. The van der Waals surface area contributed by atoms with Gasteiger partial charge in [0.25, 0.3) is 5.91 Å². The smallest absolute Gasteiger partial charge is 0.276 e. The number of nitrogens with zero attached hydrogens (tertiary/aromatic N) is 1. The number of carbonyl (C=O) groups excluding carboxylic acids is 2. The van der Waals surface area contributed by atoms with Crippen LogP contribution < -0.4 is 11.1 Å². The van der Waals surface area contributed by atoms with Gasteiger partial charge in [-0.1, -0.05) is 13.8 Å². The minimum atomic E-state index is -0.417. The molecule has 0 radical (unpaired) electrons. The molecule has 0 unspecified atom stereocenters. The first-order valence-electron chi connectivity index (χ1n) is 4.39. The Morgan fingerprint density at radius 1 is 1.64 bits per heavy atom. The third kappa shape index (κ3) is 2.69. The quantitative estimate of drug-likeness (QED) is 0.618. The topological polar surface area (TPSA) is 84.6 Å². The molecule has 0 saturated heterocycles. The van der Waals surface area contributed by atoms with E-state index in [0.29, 0.717) is 6.42 Å². The Hall–Kier alpha value is -1.65. The van der Waals surface area contributed by atoms with E-state index >= 15 is 0 Å². The summed E-state index contributed by atoms with van der Waals surface area (Å²) >= 11 is 0. The molecule has 0 bridgehead atoms. The van der Waals surface area contributed by atoms with E-state index in [9.17, 15) is 9.59 Å². The van der Waals surface area contributed by atoms with E-state index in [2.05, 4.69) is 10.3 Å². The summed E-state index contributed by atoms with van der Waals surface area (Å²) in [6, 6.07) is 0. The number of amides is 1. The van der Waals surface area contributed by atoms with Crippen molar-refractivity contribution in [3.63, 3.8) is 0 Å². The lowest BCUT2D eigenvalue weighted by molar-refractivity contribution is -0.117. The number of hydrogen-bond donors (Lipinski definition) is 2. The number of hydrogen-bond acceptors (Lipinski definition) is 4. The summed E-state index contributed by atoms with van der Waals surface area (Å²) in [5.41, 5.74) is 5.35. The average Bonchev–Trinajstić information content (AvgIpc) is 2.28. The predicted octanol–water partition coefficient (Wildman–Crippen LogP) is -0.0700. The van der Waals surface area contributed by atoms with E-state index in [1.54, 1.807) is 0 Å². The highest BCUT2D eigenvalue weighted by molar-refractivity contribution is 6.13. The zero-order valence-electron chi connectivity index (χ0n) is 8.20. The van der Waals surface area contributed by atoms with Crippen molar-refractivity contribution in [2.24, 2.45) is 16.6 Å². The van der Waals surface area contributed by atoms with Crippen molar-refractivity contribution in [1.29, 1.82) is 0 Å². The molecule has 3 N–H and O–H groups in total. The van der Waals surface area contributed by atoms with Crippen LogP contribution in [-0.4, -0.2) is 17.6 Å². The largest absolute Gasteiger partial charge is 0.369 e. The molecule has 0 aromatic rings. The minimum Gasteiger partial charge on any atom is -0.369 e. The average molecular weight is 195 g/mol. The molecule has 5 nitrogen and oxygen atoms in total. The number of carbonyl (C=O) groups is 2. The molecule has 1 aliphatic rings. The normalized spacial score (nSPS) is 18.6. The summed E-state index contributed by atoms with van der Waals surface area (Å²) in [4.78, 5) is 26.1. The van der Waals surface area contributed by atoms with Gasteiger partial charge in [-0.05, 0) is 5.92 Å². The fourth-order valence-corrected chi connectivity index (χ4v) is 1.10. The van der Waals surface area contributed by atoms with Crippen LogP contribution in [-0.2, 0) is 9.59 Å². The Bertz CT molecular complexity index is 329. The van der Waals surface area contributed by atoms with Crippen molar-refractivity contribution in [1.82, 2.24) is 5.32 Å². The maximum Gasteiger partial charge on any atom is 0.276 e. The van der Waals surface area contributed by atoms with Gasteiger partial charge >= 0.3 is 0 Å². The monoisotopic (exact) mass is 195 g/mol. The molecule has 1 rings (SSSR count). The van der Waals surface area contributed by atoms with Crippen molar-refractivity contribution >= 4 is 17.6 Å². The Balaban J connectivity index is 2.69. The van der Waals surface area contributed by atoms with Gasteiger partial charge in [0.15, 0.2) is 5.78 Å². The molecule has 0 atom stereocenters. The Morgan fingerprint density at radius 2 is 2.29 bits per heavy atom. The lowest BCUT2D eigenvalue weighted by Gasteiger charge is -1.98. The first-order valence-corrected chi connectivity index (χ1v) is 4.39. The van der Waals surface area contributed by atoms with Crippen LogP contribution in [0.4, 0.5) is 0 Å². The molecule has 14 heavy (non-hydrogen) atoms. The van der Waals surface area contributed by atoms with Gasteiger partial charge in [-0.3, -0.25) is 14.9 Å². The van der Waals surface area contributed by atoms with Gasteiger partial charge in [-0.25, -0.2) is 4.99 Å². The molecule has 0 aliphatic carbocycles. The van der Waals surface area contributed by atoms with Crippen LogP contribution >= 0.6 is 0 Å². The summed E-state index contributed by atoms with van der Waals surface area (Å²) in [5, 5.41) is 2.29. The first-order chi connectivity index (χ1) is 6.49. The van der Waals surface area contributed by atoms with Crippen LogP contribution in [0.2, 0.25) is 0 Å². The van der Waals surface area contributed by atoms with Crippen molar-refractivity contribution in [3.8, 4) is 0 Å². The molecule has 1 aliphatic heterocycles. The molecular formula is C9H13N3O2. The summed E-state index contributed by atoms with van der Waals surface area (Å²) in [5.74, 6) is -0.216. The molecule has 5 heteroatoms. The van der Waals surface area contributed by atoms with Gasteiger partial charge in [0.1, 0.15) is 5.70 Å². The van der Waals surface area contributed by atoms with E-state index in [4.69, 9.17) is 5.73 Å². The molecular weight excluding hydrogens is 182 g/mol. The van der Waals surface area contributed by atoms with Crippen LogP contribution in [0.1, 0.15) is 20.3 Å². The fraction of sp³-hybridized carbons (Fsp3) is 0.444. The van der Waals surface area contributed by atoms with E-state index < -0.39 is 5.91 Å². The van der Waals surface area contributed by atoms with Gasteiger partial charge in [-0.2, -0.15) is 0 Å².